The Bertz CT molecular complexity index is 539. The summed E-state index contributed by atoms with van der Waals surface area (Å²) in [5.41, 5.74) is 0.989. The fourth-order valence-corrected chi connectivity index (χ4v) is 3.91. The predicted octanol–water partition coefficient (Wildman–Crippen LogP) is 3.49. The smallest absolute Gasteiger partial charge is 0.226 e. The van der Waals surface area contributed by atoms with Gasteiger partial charge in [-0.1, -0.05) is 29.3 Å². The Morgan fingerprint density at radius 3 is 2.62 bits per heavy atom. The van der Waals surface area contributed by atoms with Gasteiger partial charge in [-0.15, -0.1) is 0 Å². The highest BCUT2D eigenvalue weighted by molar-refractivity contribution is 6.35. The molecule has 21 heavy (non-hydrogen) atoms. The lowest BCUT2D eigenvalue weighted by atomic mass is 9.72. The molecule has 2 heterocycles. The number of carbonyl (C=O) groups is 1. The highest BCUT2D eigenvalue weighted by Gasteiger charge is 2.42. The maximum Gasteiger partial charge on any atom is 0.226 e. The molecular formula is C16H20Cl2N2O. The first-order valence-electron chi connectivity index (χ1n) is 7.54. The van der Waals surface area contributed by atoms with Crippen LogP contribution in [0.3, 0.4) is 0 Å². The van der Waals surface area contributed by atoms with Gasteiger partial charge in [0.05, 0.1) is 5.41 Å². The normalized spacial score (nSPS) is 22.3. The Hall–Kier alpha value is -0.770. The van der Waals surface area contributed by atoms with Gasteiger partial charge in [-0.25, -0.2) is 0 Å². The molecule has 1 spiro atoms. The lowest BCUT2D eigenvalue weighted by Gasteiger charge is -2.43. The molecule has 0 bridgehead atoms. The van der Waals surface area contributed by atoms with Gasteiger partial charge in [0, 0.05) is 23.1 Å². The van der Waals surface area contributed by atoms with Gasteiger partial charge in [0.1, 0.15) is 0 Å². The number of likely N-dealkylation sites (tertiary alicyclic amines) is 1. The summed E-state index contributed by atoms with van der Waals surface area (Å²) in [6, 6.07) is 5.66. The molecule has 2 aliphatic heterocycles. The van der Waals surface area contributed by atoms with Crippen LogP contribution in [0.15, 0.2) is 18.2 Å². The van der Waals surface area contributed by atoms with Crippen molar-refractivity contribution in [2.24, 2.45) is 5.41 Å². The van der Waals surface area contributed by atoms with Gasteiger partial charge in [-0.3, -0.25) is 9.69 Å². The van der Waals surface area contributed by atoms with E-state index in [0.717, 1.165) is 62.4 Å². The second-order valence-electron chi connectivity index (χ2n) is 6.15. The van der Waals surface area contributed by atoms with E-state index in [-0.39, 0.29) is 11.3 Å². The number of piperidine rings is 2. The van der Waals surface area contributed by atoms with Crippen molar-refractivity contribution in [1.29, 1.82) is 0 Å². The number of benzene rings is 1. The molecule has 1 aromatic carbocycles. The monoisotopic (exact) mass is 326 g/mol. The first-order chi connectivity index (χ1) is 10.1. The number of hydrogen-bond acceptors (Lipinski definition) is 2. The number of amides is 1. The summed E-state index contributed by atoms with van der Waals surface area (Å²) in [7, 11) is 0. The van der Waals surface area contributed by atoms with Gasteiger partial charge >= 0.3 is 0 Å². The zero-order chi connectivity index (χ0) is 14.9. The molecular weight excluding hydrogens is 307 g/mol. The molecule has 1 N–H and O–H groups in total. The van der Waals surface area contributed by atoms with E-state index in [1.165, 1.54) is 0 Å². The van der Waals surface area contributed by atoms with Crippen LogP contribution in [0.25, 0.3) is 0 Å². The summed E-state index contributed by atoms with van der Waals surface area (Å²) in [4.78, 5) is 14.5. The Labute approximate surface area is 135 Å². The molecule has 2 saturated heterocycles. The lowest BCUT2D eigenvalue weighted by molar-refractivity contribution is -0.136. The van der Waals surface area contributed by atoms with Crippen LogP contribution in [0, 0.1) is 5.41 Å². The first kappa shape index (κ1) is 15.1. The second-order valence-corrected chi connectivity index (χ2v) is 7.00. The van der Waals surface area contributed by atoms with Gasteiger partial charge in [0.15, 0.2) is 0 Å². The molecule has 0 aliphatic carbocycles. The molecule has 5 heteroatoms. The Kier molecular flexibility index (Phi) is 4.43. The van der Waals surface area contributed by atoms with E-state index in [1.807, 2.05) is 12.1 Å². The third-order valence-corrected chi connectivity index (χ3v) is 5.41. The molecule has 2 fully saturated rings. The molecule has 0 radical (unpaired) electrons. The summed E-state index contributed by atoms with van der Waals surface area (Å²) >= 11 is 12.2. The van der Waals surface area contributed by atoms with Gasteiger partial charge < -0.3 is 5.32 Å². The standard InChI is InChI=1S/C16H20Cl2N2O/c17-13-3-2-12(14(18)10-13)11-20-8-5-16(6-9-20)4-1-7-19-15(16)21/h2-3,10H,1,4-9,11H2,(H,19,21). The highest BCUT2D eigenvalue weighted by atomic mass is 35.5. The van der Waals surface area contributed by atoms with Crippen LogP contribution in [0.4, 0.5) is 0 Å². The lowest BCUT2D eigenvalue weighted by Crippen LogP contribution is -2.51. The fourth-order valence-electron chi connectivity index (χ4n) is 3.44. The van der Waals surface area contributed by atoms with Crippen molar-refractivity contribution < 1.29 is 4.79 Å². The Morgan fingerprint density at radius 2 is 1.95 bits per heavy atom. The van der Waals surface area contributed by atoms with Crippen molar-refractivity contribution in [3.63, 3.8) is 0 Å². The summed E-state index contributed by atoms with van der Waals surface area (Å²) in [6.45, 7) is 3.57. The number of hydrogen-bond donors (Lipinski definition) is 1. The van der Waals surface area contributed by atoms with Gasteiger partial charge in [-0.2, -0.15) is 0 Å². The van der Waals surface area contributed by atoms with Crippen LogP contribution in [-0.2, 0) is 11.3 Å². The van der Waals surface area contributed by atoms with Crippen LogP contribution in [0.1, 0.15) is 31.2 Å². The predicted molar refractivity (Wildman–Crippen MR) is 85.6 cm³/mol. The molecule has 0 unspecified atom stereocenters. The number of halogens is 2. The van der Waals surface area contributed by atoms with Gasteiger partial charge in [0.25, 0.3) is 0 Å². The van der Waals surface area contributed by atoms with E-state index >= 15 is 0 Å². The molecule has 0 aromatic heterocycles. The van der Waals surface area contributed by atoms with E-state index in [2.05, 4.69) is 10.2 Å². The number of rotatable bonds is 2. The van der Waals surface area contributed by atoms with Crippen LogP contribution in [0.2, 0.25) is 10.0 Å². The largest absolute Gasteiger partial charge is 0.356 e. The van der Waals surface area contributed by atoms with Gasteiger partial charge in [-0.05, 0) is 56.5 Å². The SMILES string of the molecule is O=C1NCCCC12CCN(Cc1ccc(Cl)cc1Cl)CC2. The van der Waals surface area contributed by atoms with E-state index in [0.29, 0.717) is 5.02 Å². The zero-order valence-electron chi connectivity index (χ0n) is 12.0. The van der Waals surface area contributed by atoms with Crippen molar-refractivity contribution in [2.75, 3.05) is 19.6 Å². The van der Waals surface area contributed by atoms with Crippen LogP contribution in [0.5, 0.6) is 0 Å². The molecule has 3 nitrogen and oxygen atoms in total. The van der Waals surface area contributed by atoms with Crippen molar-refractivity contribution >= 4 is 29.1 Å². The van der Waals surface area contributed by atoms with E-state index < -0.39 is 0 Å². The average molecular weight is 327 g/mol. The fraction of sp³-hybridized carbons (Fsp3) is 0.562. The maximum absolute atomic E-state index is 12.2. The average Bonchev–Trinajstić information content (AvgIpc) is 2.47. The molecule has 1 aromatic rings. The van der Waals surface area contributed by atoms with Crippen molar-refractivity contribution in [1.82, 2.24) is 10.2 Å². The maximum atomic E-state index is 12.2. The van der Waals surface area contributed by atoms with Crippen LogP contribution < -0.4 is 5.32 Å². The summed E-state index contributed by atoms with van der Waals surface area (Å²) in [5, 5.41) is 4.42. The summed E-state index contributed by atoms with van der Waals surface area (Å²) in [5.74, 6) is 0.262. The molecule has 1 amide bonds. The van der Waals surface area contributed by atoms with Crippen molar-refractivity contribution in [2.45, 2.75) is 32.2 Å². The van der Waals surface area contributed by atoms with Crippen LogP contribution in [-0.4, -0.2) is 30.4 Å². The second kappa shape index (κ2) is 6.15. The topological polar surface area (TPSA) is 32.3 Å². The molecule has 3 rings (SSSR count). The van der Waals surface area contributed by atoms with E-state index in [9.17, 15) is 4.79 Å². The van der Waals surface area contributed by atoms with Crippen molar-refractivity contribution in [3.05, 3.63) is 33.8 Å². The summed E-state index contributed by atoms with van der Waals surface area (Å²) < 4.78 is 0. The third kappa shape index (κ3) is 3.20. The highest BCUT2D eigenvalue weighted by Crippen LogP contribution is 2.38. The first-order valence-corrected chi connectivity index (χ1v) is 8.29. The number of carbonyl (C=O) groups excluding carboxylic acids is 1. The number of nitrogens with one attached hydrogen (secondary N) is 1. The third-order valence-electron chi connectivity index (χ3n) is 4.82. The minimum Gasteiger partial charge on any atom is -0.356 e. The molecule has 114 valence electrons. The summed E-state index contributed by atoms with van der Waals surface area (Å²) in [6.07, 6.45) is 4.04. The minimum atomic E-state index is -0.113. The molecule has 0 saturated carbocycles. The molecule has 0 atom stereocenters. The zero-order valence-corrected chi connectivity index (χ0v) is 13.5. The quantitative estimate of drug-likeness (QED) is 0.902. The Balaban J connectivity index is 1.62. The van der Waals surface area contributed by atoms with Crippen molar-refractivity contribution in [3.8, 4) is 0 Å². The Morgan fingerprint density at radius 1 is 1.19 bits per heavy atom. The van der Waals surface area contributed by atoms with E-state index in [1.54, 1.807) is 6.07 Å². The number of nitrogens with zero attached hydrogens (tertiary/aromatic N) is 1. The van der Waals surface area contributed by atoms with E-state index in [4.69, 9.17) is 23.2 Å². The van der Waals surface area contributed by atoms with Gasteiger partial charge in [0.2, 0.25) is 5.91 Å². The van der Waals surface area contributed by atoms with Crippen LogP contribution >= 0.6 is 23.2 Å². The minimum absolute atomic E-state index is 0.113. The molecule has 2 aliphatic rings.